The summed E-state index contributed by atoms with van der Waals surface area (Å²) in [5.41, 5.74) is 7.68. The lowest BCUT2D eigenvalue weighted by molar-refractivity contribution is 0.241. The van der Waals surface area contributed by atoms with E-state index >= 15 is 0 Å². The minimum absolute atomic E-state index is 0.106. The number of hydrogen-bond donors (Lipinski definition) is 1. The van der Waals surface area contributed by atoms with Crippen molar-refractivity contribution < 1.29 is 4.74 Å². The van der Waals surface area contributed by atoms with Crippen molar-refractivity contribution in [1.82, 2.24) is 15.0 Å². The summed E-state index contributed by atoms with van der Waals surface area (Å²) in [7, 11) is 0. The Bertz CT molecular complexity index is 501. The summed E-state index contributed by atoms with van der Waals surface area (Å²) in [5.74, 6) is 0.710. The lowest BCUT2D eigenvalue weighted by atomic mass is 10.1. The van der Waals surface area contributed by atoms with Gasteiger partial charge in [0.15, 0.2) is 0 Å². The molecule has 0 amide bonds. The summed E-state index contributed by atoms with van der Waals surface area (Å²) in [4.78, 5) is 12.3. The van der Waals surface area contributed by atoms with E-state index in [1.54, 1.807) is 31.0 Å². The van der Waals surface area contributed by atoms with Gasteiger partial charge in [-0.1, -0.05) is 0 Å². The van der Waals surface area contributed by atoms with E-state index in [0.717, 1.165) is 5.56 Å². The van der Waals surface area contributed by atoms with Crippen LogP contribution in [0.1, 0.15) is 31.1 Å². The first-order valence-corrected chi connectivity index (χ1v) is 5.80. The van der Waals surface area contributed by atoms with Gasteiger partial charge in [0.2, 0.25) is 0 Å². The molecule has 0 saturated heterocycles. The van der Waals surface area contributed by atoms with Crippen molar-refractivity contribution in [1.29, 1.82) is 0 Å². The molecule has 0 aliphatic rings. The second-order valence-electron chi connectivity index (χ2n) is 4.23. The molecule has 0 aliphatic carbocycles. The predicted octanol–water partition coefficient (Wildman–Crippen LogP) is 1.71. The van der Waals surface area contributed by atoms with Crippen LogP contribution in [-0.2, 0) is 0 Å². The van der Waals surface area contributed by atoms with E-state index < -0.39 is 0 Å². The fourth-order valence-corrected chi connectivity index (χ4v) is 1.58. The van der Waals surface area contributed by atoms with Crippen molar-refractivity contribution in [2.24, 2.45) is 5.73 Å². The third kappa shape index (κ3) is 3.01. The Morgan fingerprint density at radius 1 is 1.11 bits per heavy atom. The number of nitrogens with two attached hydrogens (primary N) is 1. The van der Waals surface area contributed by atoms with Crippen LogP contribution in [0.25, 0.3) is 0 Å². The summed E-state index contributed by atoms with van der Waals surface area (Å²) in [6.45, 7) is 3.94. The monoisotopic (exact) mass is 244 g/mol. The third-order valence-electron chi connectivity index (χ3n) is 2.37. The summed E-state index contributed by atoms with van der Waals surface area (Å²) < 4.78 is 5.59. The second kappa shape index (κ2) is 5.55. The molecular formula is C13H16N4O. The molecule has 94 valence electrons. The SMILES string of the molecule is CC(C)Oc1cncc(C(N)c2cnccn2)c1. The highest BCUT2D eigenvalue weighted by Gasteiger charge is 2.12. The molecule has 0 saturated carbocycles. The zero-order valence-corrected chi connectivity index (χ0v) is 10.4. The minimum atomic E-state index is -0.345. The molecule has 2 rings (SSSR count). The van der Waals surface area contributed by atoms with Crippen LogP contribution < -0.4 is 10.5 Å². The van der Waals surface area contributed by atoms with Gasteiger partial charge < -0.3 is 10.5 Å². The first kappa shape index (κ1) is 12.4. The van der Waals surface area contributed by atoms with Gasteiger partial charge in [-0.3, -0.25) is 15.0 Å². The Kier molecular flexibility index (Phi) is 3.84. The Morgan fingerprint density at radius 2 is 1.94 bits per heavy atom. The average molecular weight is 244 g/mol. The topological polar surface area (TPSA) is 73.9 Å². The van der Waals surface area contributed by atoms with Gasteiger partial charge in [-0.2, -0.15) is 0 Å². The summed E-state index contributed by atoms with van der Waals surface area (Å²) >= 11 is 0. The van der Waals surface area contributed by atoms with Crippen LogP contribution in [0, 0.1) is 0 Å². The van der Waals surface area contributed by atoms with Crippen molar-refractivity contribution in [2.75, 3.05) is 0 Å². The predicted molar refractivity (Wildman–Crippen MR) is 68.1 cm³/mol. The lowest BCUT2D eigenvalue weighted by Crippen LogP contribution is -2.14. The van der Waals surface area contributed by atoms with Gasteiger partial charge in [0, 0.05) is 18.6 Å². The average Bonchev–Trinajstić information content (AvgIpc) is 2.38. The van der Waals surface area contributed by atoms with Crippen molar-refractivity contribution in [2.45, 2.75) is 26.0 Å². The standard InChI is InChI=1S/C13H16N4O/c1-9(2)18-11-5-10(6-16-7-11)13(14)12-8-15-3-4-17-12/h3-9,13H,14H2,1-2H3. The number of aromatic nitrogens is 3. The molecule has 0 spiro atoms. The van der Waals surface area contributed by atoms with Crippen LogP contribution in [0.5, 0.6) is 5.75 Å². The van der Waals surface area contributed by atoms with Crippen LogP contribution in [0.3, 0.4) is 0 Å². The maximum Gasteiger partial charge on any atom is 0.138 e. The molecule has 2 N–H and O–H groups in total. The normalized spacial score (nSPS) is 12.4. The zero-order chi connectivity index (χ0) is 13.0. The molecular weight excluding hydrogens is 228 g/mol. The Morgan fingerprint density at radius 3 is 2.61 bits per heavy atom. The van der Waals surface area contributed by atoms with Crippen molar-refractivity contribution in [3.8, 4) is 5.75 Å². The number of hydrogen-bond acceptors (Lipinski definition) is 5. The van der Waals surface area contributed by atoms with E-state index in [9.17, 15) is 0 Å². The molecule has 0 aromatic carbocycles. The summed E-state index contributed by atoms with van der Waals surface area (Å²) in [6.07, 6.45) is 8.39. The van der Waals surface area contributed by atoms with E-state index in [4.69, 9.17) is 10.5 Å². The third-order valence-corrected chi connectivity index (χ3v) is 2.37. The van der Waals surface area contributed by atoms with Crippen molar-refractivity contribution in [3.63, 3.8) is 0 Å². The Hall–Kier alpha value is -2.01. The number of pyridine rings is 1. The fraction of sp³-hybridized carbons (Fsp3) is 0.308. The van der Waals surface area contributed by atoms with Crippen LogP contribution in [0.15, 0.2) is 37.1 Å². The minimum Gasteiger partial charge on any atom is -0.489 e. The molecule has 2 aromatic rings. The first-order chi connectivity index (χ1) is 8.66. The quantitative estimate of drug-likeness (QED) is 0.886. The molecule has 1 atom stereocenters. The van der Waals surface area contributed by atoms with Crippen LogP contribution >= 0.6 is 0 Å². The number of ether oxygens (including phenoxy) is 1. The maximum absolute atomic E-state index is 6.12. The van der Waals surface area contributed by atoms with Gasteiger partial charge in [-0.25, -0.2) is 0 Å². The van der Waals surface area contributed by atoms with Crippen LogP contribution in [-0.4, -0.2) is 21.1 Å². The second-order valence-corrected chi connectivity index (χ2v) is 4.23. The first-order valence-electron chi connectivity index (χ1n) is 5.80. The molecule has 5 heteroatoms. The Balaban J connectivity index is 2.23. The Labute approximate surface area is 106 Å². The van der Waals surface area contributed by atoms with Gasteiger partial charge in [0.05, 0.1) is 30.2 Å². The van der Waals surface area contributed by atoms with E-state index in [2.05, 4.69) is 15.0 Å². The molecule has 0 fully saturated rings. The van der Waals surface area contributed by atoms with Gasteiger partial charge in [0.25, 0.3) is 0 Å². The van der Waals surface area contributed by atoms with Gasteiger partial charge in [-0.05, 0) is 25.5 Å². The largest absolute Gasteiger partial charge is 0.489 e. The van der Waals surface area contributed by atoms with E-state index in [1.807, 2.05) is 19.9 Å². The highest BCUT2D eigenvalue weighted by atomic mass is 16.5. The van der Waals surface area contributed by atoms with Gasteiger partial charge in [-0.15, -0.1) is 0 Å². The number of nitrogens with zero attached hydrogens (tertiary/aromatic N) is 3. The van der Waals surface area contributed by atoms with E-state index in [1.165, 1.54) is 0 Å². The van der Waals surface area contributed by atoms with Gasteiger partial charge in [0.1, 0.15) is 5.75 Å². The lowest BCUT2D eigenvalue weighted by Gasteiger charge is -2.13. The fourth-order valence-electron chi connectivity index (χ4n) is 1.58. The van der Waals surface area contributed by atoms with Crippen LogP contribution in [0.2, 0.25) is 0 Å². The van der Waals surface area contributed by atoms with Crippen molar-refractivity contribution >= 4 is 0 Å². The summed E-state index contributed by atoms with van der Waals surface area (Å²) in [6, 6.07) is 1.54. The van der Waals surface area contributed by atoms with E-state index in [0.29, 0.717) is 11.4 Å². The molecule has 1 unspecified atom stereocenters. The number of rotatable bonds is 4. The van der Waals surface area contributed by atoms with Crippen molar-refractivity contribution in [3.05, 3.63) is 48.3 Å². The zero-order valence-electron chi connectivity index (χ0n) is 10.4. The molecule has 0 aliphatic heterocycles. The van der Waals surface area contributed by atoms with Crippen LogP contribution in [0.4, 0.5) is 0 Å². The molecule has 2 heterocycles. The highest BCUT2D eigenvalue weighted by molar-refractivity contribution is 5.30. The van der Waals surface area contributed by atoms with Gasteiger partial charge >= 0.3 is 0 Å². The summed E-state index contributed by atoms with van der Waals surface area (Å²) in [5, 5.41) is 0. The molecule has 2 aromatic heterocycles. The smallest absolute Gasteiger partial charge is 0.138 e. The molecule has 0 radical (unpaired) electrons. The maximum atomic E-state index is 6.12. The highest BCUT2D eigenvalue weighted by Crippen LogP contribution is 2.20. The molecule has 0 bridgehead atoms. The molecule has 18 heavy (non-hydrogen) atoms. The molecule has 5 nitrogen and oxygen atoms in total. The van der Waals surface area contributed by atoms with E-state index in [-0.39, 0.29) is 12.1 Å².